The number of carboxylic acid groups (broad SMARTS) is 1. The van der Waals surface area contributed by atoms with Crippen molar-refractivity contribution < 1.29 is 38.2 Å². The van der Waals surface area contributed by atoms with E-state index in [9.17, 15) is 14.8 Å². The first-order chi connectivity index (χ1) is 14.4. The number of nitrogens with zero attached hydrogens (tertiary/aromatic N) is 1. The number of hydrogen-bond donors (Lipinski definition) is 3. The summed E-state index contributed by atoms with van der Waals surface area (Å²) in [6, 6.07) is 0. The number of aliphatic hydroxyl groups excluding tert-OH is 1. The lowest BCUT2D eigenvalue weighted by molar-refractivity contribution is -0.922. The quantitative estimate of drug-likeness (QED) is 0.105. The summed E-state index contributed by atoms with van der Waals surface area (Å²) in [5.74, 6) is -1.10. The van der Waals surface area contributed by atoms with Gasteiger partial charge in [-0.25, -0.2) is 0 Å². The van der Waals surface area contributed by atoms with E-state index < -0.39 is 33.3 Å². The molecule has 0 spiro atoms. The Balaban J connectivity index is 3.91. The fourth-order valence-corrected chi connectivity index (χ4v) is 3.87. The highest BCUT2D eigenvalue weighted by Crippen LogP contribution is 2.37. The lowest BCUT2D eigenvalue weighted by atomic mass is 10.0. The third-order valence-corrected chi connectivity index (χ3v) is 5.95. The van der Waals surface area contributed by atoms with Gasteiger partial charge in [0, 0.05) is 6.61 Å². The van der Waals surface area contributed by atoms with E-state index in [1.165, 1.54) is 19.3 Å². The normalized spacial score (nSPS) is 15.6. The van der Waals surface area contributed by atoms with Gasteiger partial charge in [0.2, 0.25) is 6.23 Å². The maximum Gasteiger partial charge on any atom is 0.330 e. The molecule has 0 radical (unpaired) electrons. The molecule has 0 rings (SSSR count). The van der Waals surface area contributed by atoms with Crippen molar-refractivity contribution in [2.45, 2.75) is 103 Å². The molecule has 0 aliphatic carbocycles. The number of likely N-dealkylation sites (N-methyl/N-ethyl adjacent to an activating group) is 1. The first kappa shape index (κ1) is 30.7. The van der Waals surface area contributed by atoms with Crippen LogP contribution in [0.15, 0.2) is 0 Å². The minimum Gasteiger partial charge on any atom is -0.481 e. The van der Waals surface area contributed by atoms with Gasteiger partial charge in [-0.1, -0.05) is 45.4 Å². The van der Waals surface area contributed by atoms with Gasteiger partial charge in [0.1, 0.15) is 0 Å². The van der Waals surface area contributed by atoms with Crippen LogP contribution < -0.4 is 0 Å². The number of carboxylic acids is 1. The van der Waals surface area contributed by atoms with Crippen molar-refractivity contribution in [2.75, 3.05) is 34.4 Å². The van der Waals surface area contributed by atoms with E-state index in [0.717, 1.165) is 45.1 Å². The molecule has 0 aliphatic heterocycles. The molecule has 31 heavy (non-hydrogen) atoms. The van der Waals surface area contributed by atoms with Crippen LogP contribution in [0, 0.1) is 0 Å². The van der Waals surface area contributed by atoms with Gasteiger partial charge in [-0.15, -0.1) is 0 Å². The van der Waals surface area contributed by atoms with Crippen molar-refractivity contribution >= 4 is 14.6 Å². The molecule has 3 N–H and O–H groups in total. The Labute approximate surface area is 190 Å². The summed E-state index contributed by atoms with van der Waals surface area (Å²) in [7, 11) is 2.94. The van der Waals surface area contributed by atoms with Crippen molar-refractivity contribution in [3.8, 4) is 0 Å². The van der Waals surface area contributed by atoms with Crippen LogP contribution in [0.4, 0.5) is 0 Å². The van der Waals surface area contributed by atoms with Crippen molar-refractivity contribution in [1.29, 1.82) is 0 Å². The SMILES string of the molecule is CCCCCC(C)(C)OCCCCCCCOP(O)OC(CC(=O)O)C(O)[N+](C)(C)C. The molecule has 0 fully saturated rings. The predicted molar refractivity (Wildman–Crippen MR) is 124 cm³/mol. The van der Waals surface area contributed by atoms with Gasteiger partial charge in [-0.05, 0) is 33.1 Å². The van der Waals surface area contributed by atoms with Crippen LogP contribution >= 0.6 is 8.60 Å². The number of rotatable bonds is 20. The zero-order chi connectivity index (χ0) is 23.9. The zero-order valence-corrected chi connectivity index (χ0v) is 21.4. The largest absolute Gasteiger partial charge is 0.481 e. The summed E-state index contributed by atoms with van der Waals surface area (Å²) in [6.07, 6.45) is 7.21. The highest BCUT2D eigenvalue weighted by atomic mass is 31.2. The Morgan fingerprint density at radius 3 is 2.13 bits per heavy atom. The number of aliphatic carboxylic acids is 1. The van der Waals surface area contributed by atoms with Gasteiger partial charge in [0.05, 0.1) is 39.8 Å². The molecule has 0 aromatic heterocycles. The van der Waals surface area contributed by atoms with Crippen LogP contribution in [-0.2, 0) is 18.6 Å². The number of carbonyl (C=O) groups is 1. The Kier molecular flexibility index (Phi) is 16.1. The smallest absolute Gasteiger partial charge is 0.330 e. The Bertz CT molecular complexity index is 471. The lowest BCUT2D eigenvalue weighted by Crippen LogP contribution is -2.52. The van der Waals surface area contributed by atoms with Gasteiger partial charge in [-0.2, -0.15) is 0 Å². The molecule has 0 amide bonds. The van der Waals surface area contributed by atoms with Gasteiger partial charge in [-0.3, -0.25) is 9.32 Å². The van der Waals surface area contributed by atoms with E-state index in [-0.39, 0.29) is 10.1 Å². The summed E-state index contributed by atoms with van der Waals surface area (Å²) in [5, 5.41) is 19.3. The fourth-order valence-electron chi connectivity index (χ4n) is 3.11. The molecule has 3 atom stereocenters. The van der Waals surface area contributed by atoms with Gasteiger partial charge in [0.15, 0.2) is 6.10 Å². The first-order valence-electron chi connectivity index (χ1n) is 11.5. The molecule has 0 saturated heterocycles. The summed E-state index contributed by atoms with van der Waals surface area (Å²) < 4.78 is 16.7. The topological polar surface area (TPSA) is 105 Å². The molecule has 0 aromatic carbocycles. The minimum absolute atomic E-state index is 0.0424. The third kappa shape index (κ3) is 16.9. The van der Waals surface area contributed by atoms with E-state index in [0.29, 0.717) is 6.61 Å². The third-order valence-electron chi connectivity index (χ3n) is 5.09. The lowest BCUT2D eigenvalue weighted by Gasteiger charge is -2.34. The van der Waals surface area contributed by atoms with Crippen LogP contribution in [0.1, 0.15) is 85.0 Å². The highest BCUT2D eigenvalue weighted by molar-refractivity contribution is 7.40. The standard InChI is InChI=1S/C22H46NO7P/c1-7-8-12-15-22(2,3)28-16-13-10-9-11-14-17-29-31(27)30-19(18-20(24)25)21(26)23(4,5)6/h19,21,26-27H,7-18H2,1-6H3/p+1. The van der Waals surface area contributed by atoms with Crippen LogP contribution in [0.3, 0.4) is 0 Å². The Morgan fingerprint density at radius 2 is 1.58 bits per heavy atom. The molecule has 186 valence electrons. The van der Waals surface area contributed by atoms with Crippen molar-refractivity contribution in [1.82, 2.24) is 0 Å². The summed E-state index contributed by atoms with van der Waals surface area (Å²) >= 11 is 0. The second-order valence-electron chi connectivity index (χ2n) is 9.68. The number of unbranched alkanes of at least 4 members (excludes halogenated alkanes) is 6. The first-order valence-corrected chi connectivity index (χ1v) is 12.7. The maximum absolute atomic E-state index is 11.0. The van der Waals surface area contributed by atoms with Crippen LogP contribution in [0.25, 0.3) is 0 Å². The predicted octanol–water partition coefficient (Wildman–Crippen LogP) is 4.43. The van der Waals surface area contributed by atoms with E-state index in [1.807, 2.05) is 0 Å². The molecule has 0 saturated carbocycles. The van der Waals surface area contributed by atoms with E-state index in [1.54, 1.807) is 21.1 Å². The average Bonchev–Trinajstić information content (AvgIpc) is 2.64. The maximum atomic E-state index is 11.0. The molecule has 3 unspecified atom stereocenters. The molecule has 0 aromatic rings. The molecule has 0 aliphatic rings. The number of aliphatic hydroxyl groups is 1. The monoisotopic (exact) mass is 468 g/mol. The second-order valence-corrected chi connectivity index (χ2v) is 10.6. The molecule has 8 nitrogen and oxygen atoms in total. The summed E-state index contributed by atoms with van der Waals surface area (Å²) in [5.41, 5.74) is -0.0424. The average molecular weight is 469 g/mol. The molecular weight excluding hydrogens is 421 g/mol. The molecular formula is C22H47NO7P+. The Hall–Kier alpha value is -0.340. The molecule has 9 heteroatoms. The van der Waals surface area contributed by atoms with Gasteiger partial charge >= 0.3 is 14.6 Å². The molecule has 0 heterocycles. The van der Waals surface area contributed by atoms with Crippen molar-refractivity contribution in [3.63, 3.8) is 0 Å². The summed E-state index contributed by atoms with van der Waals surface area (Å²) in [4.78, 5) is 21.0. The van der Waals surface area contributed by atoms with Crippen LogP contribution in [0.5, 0.6) is 0 Å². The van der Waals surface area contributed by atoms with E-state index in [4.69, 9.17) is 18.9 Å². The number of ether oxygens (including phenoxy) is 1. The van der Waals surface area contributed by atoms with Crippen LogP contribution in [-0.4, -0.2) is 77.8 Å². The second kappa shape index (κ2) is 16.3. The number of hydrogen-bond acceptors (Lipinski definition) is 6. The zero-order valence-electron chi connectivity index (χ0n) is 20.5. The molecule has 0 bridgehead atoms. The summed E-state index contributed by atoms with van der Waals surface area (Å²) in [6.45, 7) is 7.65. The van der Waals surface area contributed by atoms with Crippen molar-refractivity contribution in [3.05, 3.63) is 0 Å². The van der Waals surface area contributed by atoms with E-state index >= 15 is 0 Å². The fraction of sp³-hybridized carbons (Fsp3) is 0.955. The highest BCUT2D eigenvalue weighted by Gasteiger charge is 2.35. The van der Waals surface area contributed by atoms with Crippen molar-refractivity contribution in [2.24, 2.45) is 0 Å². The van der Waals surface area contributed by atoms with E-state index in [2.05, 4.69) is 20.8 Å². The minimum atomic E-state index is -2.23. The van der Waals surface area contributed by atoms with Gasteiger partial charge < -0.3 is 28.9 Å². The number of quaternary nitrogens is 1. The van der Waals surface area contributed by atoms with Crippen LogP contribution in [0.2, 0.25) is 0 Å². The Morgan fingerprint density at radius 1 is 1.00 bits per heavy atom. The van der Waals surface area contributed by atoms with Gasteiger partial charge in [0.25, 0.3) is 0 Å².